The van der Waals surface area contributed by atoms with Gasteiger partial charge in [-0.05, 0) is 55.6 Å². The summed E-state index contributed by atoms with van der Waals surface area (Å²) in [6.07, 6.45) is 5.01. The van der Waals surface area contributed by atoms with Crippen molar-refractivity contribution in [3.63, 3.8) is 0 Å². The predicted octanol–water partition coefficient (Wildman–Crippen LogP) is 4.63. The van der Waals surface area contributed by atoms with Crippen LogP contribution in [0.15, 0.2) is 24.8 Å². The minimum atomic E-state index is -1.00. The molecule has 0 N–H and O–H groups in total. The van der Waals surface area contributed by atoms with E-state index in [9.17, 15) is 4.39 Å². The number of fused-ring (bicyclic) bond motifs is 1. The van der Waals surface area contributed by atoms with E-state index < -0.39 is 5.67 Å². The van der Waals surface area contributed by atoms with Crippen molar-refractivity contribution in [3.8, 4) is 0 Å². The van der Waals surface area contributed by atoms with Crippen LogP contribution in [0.1, 0.15) is 36.5 Å². The Morgan fingerprint density at radius 2 is 1.94 bits per heavy atom. The number of thioether (sulfide) groups is 1. The lowest BCUT2D eigenvalue weighted by atomic mass is 9.99. The molecule has 2 heteroatoms. The molecular formula is C15H19FS. The smallest absolute Gasteiger partial charge is 0.109 e. The van der Waals surface area contributed by atoms with Gasteiger partial charge in [-0.1, -0.05) is 24.8 Å². The van der Waals surface area contributed by atoms with Crippen LogP contribution in [0.3, 0.4) is 0 Å². The summed E-state index contributed by atoms with van der Waals surface area (Å²) in [5.41, 5.74) is 2.79. The van der Waals surface area contributed by atoms with Crippen LogP contribution in [0.2, 0.25) is 0 Å². The summed E-state index contributed by atoms with van der Waals surface area (Å²) in [5, 5.41) is 0. The molecule has 0 bridgehead atoms. The molecule has 0 fully saturated rings. The third kappa shape index (κ3) is 2.92. The maximum Gasteiger partial charge on any atom is 0.109 e. The van der Waals surface area contributed by atoms with Gasteiger partial charge in [-0.15, -0.1) is 11.8 Å². The van der Waals surface area contributed by atoms with Crippen LogP contribution in [0.25, 0.3) is 4.91 Å². The molecule has 0 nitrogen and oxygen atoms in total. The SMILES string of the molecule is C=C(SC)c1ccc2c(c1)CCC(C)(F)CC2. The number of hydrogen-bond donors (Lipinski definition) is 0. The molecule has 17 heavy (non-hydrogen) atoms. The Balaban J connectivity index is 2.29. The molecule has 0 heterocycles. The zero-order valence-corrected chi connectivity index (χ0v) is 11.4. The molecule has 1 aromatic carbocycles. The first-order valence-electron chi connectivity index (χ1n) is 6.06. The normalized spacial score (nSPS) is 23.9. The highest BCUT2D eigenvalue weighted by atomic mass is 32.2. The fraction of sp³-hybridized carbons (Fsp3) is 0.467. The van der Waals surface area contributed by atoms with Gasteiger partial charge in [0.15, 0.2) is 0 Å². The van der Waals surface area contributed by atoms with E-state index in [1.807, 2.05) is 6.26 Å². The zero-order chi connectivity index (χ0) is 12.5. The first kappa shape index (κ1) is 12.7. The number of halogens is 1. The van der Waals surface area contributed by atoms with Crippen LogP contribution in [0, 0.1) is 0 Å². The topological polar surface area (TPSA) is 0 Å². The summed E-state index contributed by atoms with van der Waals surface area (Å²) in [7, 11) is 0. The van der Waals surface area contributed by atoms with Crippen LogP contribution in [-0.4, -0.2) is 11.9 Å². The van der Waals surface area contributed by atoms with E-state index in [-0.39, 0.29) is 0 Å². The summed E-state index contributed by atoms with van der Waals surface area (Å²) in [6.45, 7) is 5.76. The van der Waals surface area contributed by atoms with E-state index in [2.05, 4.69) is 24.8 Å². The fourth-order valence-electron chi connectivity index (χ4n) is 2.31. The summed E-state index contributed by atoms with van der Waals surface area (Å²) >= 11 is 1.67. The van der Waals surface area contributed by atoms with Crippen molar-refractivity contribution < 1.29 is 4.39 Å². The molecule has 0 spiro atoms. The van der Waals surface area contributed by atoms with Crippen molar-refractivity contribution in [3.05, 3.63) is 41.5 Å². The van der Waals surface area contributed by atoms with Crippen molar-refractivity contribution in [2.45, 2.75) is 38.3 Å². The first-order chi connectivity index (χ1) is 8.02. The number of alkyl halides is 1. The van der Waals surface area contributed by atoms with Crippen LogP contribution >= 0.6 is 11.8 Å². The monoisotopic (exact) mass is 250 g/mol. The second-order valence-corrected chi connectivity index (χ2v) is 5.93. The molecule has 1 atom stereocenters. The Bertz CT molecular complexity index is 435. The molecule has 0 aliphatic heterocycles. The second kappa shape index (κ2) is 4.85. The summed E-state index contributed by atoms with van der Waals surface area (Å²) in [6, 6.07) is 6.45. The maximum atomic E-state index is 14.0. The van der Waals surface area contributed by atoms with Crippen molar-refractivity contribution >= 4 is 16.7 Å². The van der Waals surface area contributed by atoms with E-state index in [1.165, 1.54) is 16.7 Å². The van der Waals surface area contributed by atoms with Crippen LogP contribution in [-0.2, 0) is 12.8 Å². The van der Waals surface area contributed by atoms with Gasteiger partial charge in [0, 0.05) is 4.91 Å². The number of hydrogen-bond acceptors (Lipinski definition) is 1. The lowest BCUT2D eigenvalue weighted by Gasteiger charge is -2.16. The highest BCUT2D eigenvalue weighted by Gasteiger charge is 2.26. The Kier molecular flexibility index (Phi) is 3.62. The Morgan fingerprint density at radius 3 is 2.59 bits per heavy atom. The lowest BCUT2D eigenvalue weighted by Crippen LogP contribution is -2.17. The summed E-state index contributed by atoms with van der Waals surface area (Å²) in [4.78, 5) is 1.08. The van der Waals surface area contributed by atoms with Gasteiger partial charge in [-0.2, -0.15) is 0 Å². The summed E-state index contributed by atoms with van der Waals surface area (Å²) in [5.74, 6) is 0. The highest BCUT2D eigenvalue weighted by molar-refractivity contribution is 8.07. The molecule has 1 aromatic rings. The quantitative estimate of drug-likeness (QED) is 0.690. The molecule has 2 rings (SSSR count). The van der Waals surface area contributed by atoms with Gasteiger partial charge in [-0.25, -0.2) is 4.39 Å². The lowest BCUT2D eigenvalue weighted by molar-refractivity contribution is 0.166. The molecule has 1 aliphatic carbocycles. The second-order valence-electron chi connectivity index (χ2n) is 5.02. The molecule has 0 radical (unpaired) electrons. The molecular weight excluding hydrogens is 231 g/mol. The van der Waals surface area contributed by atoms with Gasteiger partial charge in [-0.3, -0.25) is 0 Å². The van der Waals surface area contributed by atoms with Gasteiger partial charge in [0.1, 0.15) is 5.67 Å². The third-order valence-electron chi connectivity index (χ3n) is 3.61. The molecule has 1 unspecified atom stereocenters. The Labute approximate surface area is 107 Å². The van der Waals surface area contributed by atoms with E-state index in [0.29, 0.717) is 12.8 Å². The largest absolute Gasteiger partial charge is 0.244 e. The van der Waals surface area contributed by atoms with Gasteiger partial charge in [0.25, 0.3) is 0 Å². The van der Waals surface area contributed by atoms with E-state index in [0.717, 1.165) is 17.7 Å². The third-order valence-corrected chi connectivity index (χ3v) is 4.33. The zero-order valence-electron chi connectivity index (χ0n) is 10.6. The van der Waals surface area contributed by atoms with Crippen LogP contribution in [0.5, 0.6) is 0 Å². The van der Waals surface area contributed by atoms with Gasteiger partial charge < -0.3 is 0 Å². The van der Waals surface area contributed by atoms with Crippen LogP contribution in [0.4, 0.5) is 4.39 Å². The maximum absolute atomic E-state index is 14.0. The van der Waals surface area contributed by atoms with Crippen molar-refractivity contribution in [2.75, 3.05) is 6.26 Å². The standard InChI is InChI=1S/C15H19FS/c1-11(17-3)13-5-4-12-6-8-15(2,16)9-7-14(12)10-13/h4-5,10H,1,6-9H2,2-3H3. The molecule has 0 aromatic heterocycles. The van der Waals surface area contributed by atoms with Crippen molar-refractivity contribution in [1.82, 2.24) is 0 Å². The number of aryl methyl sites for hydroxylation is 2. The van der Waals surface area contributed by atoms with E-state index in [1.54, 1.807) is 18.7 Å². The van der Waals surface area contributed by atoms with Gasteiger partial charge in [0.2, 0.25) is 0 Å². The van der Waals surface area contributed by atoms with E-state index in [4.69, 9.17) is 0 Å². The van der Waals surface area contributed by atoms with Gasteiger partial charge >= 0.3 is 0 Å². The Morgan fingerprint density at radius 1 is 1.29 bits per heavy atom. The average molecular weight is 250 g/mol. The van der Waals surface area contributed by atoms with Crippen molar-refractivity contribution in [1.29, 1.82) is 0 Å². The first-order valence-corrected chi connectivity index (χ1v) is 7.28. The minimum Gasteiger partial charge on any atom is -0.244 e. The Hall–Kier alpha value is -0.760. The fourth-order valence-corrected chi connectivity index (χ4v) is 2.67. The molecule has 0 amide bonds. The molecule has 0 saturated heterocycles. The van der Waals surface area contributed by atoms with E-state index >= 15 is 0 Å². The highest BCUT2D eigenvalue weighted by Crippen LogP contribution is 2.32. The number of rotatable bonds is 2. The van der Waals surface area contributed by atoms with Crippen LogP contribution < -0.4 is 0 Å². The minimum absolute atomic E-state index is 0.634. The van der Waals surface area contributed by atoms with Gasteiger partial charge in [0.05, 0.1) is 0 Å². The van der Waals surface area contributed by atoms with Crippen molar-refractivity contribution in [2.24, 2.45) is 0 Å². The molecule has 1 aliphatic rings. The predicted molar refractivity (Wildman–Crippen MR) is 75.1 cm³/mol. The molecule has 0 saturated carbocycles. The number of benzene rings is 1. The molecule has 92 valence electrons. The average Bonchev–Trinajstić information content (AvgIpc) is 2.47. The summed E-state index contributed by atoms with van der Waals surface area (Å²) < 4.78 is 14.0.